The Morgan fingerprint density at radius 2 is 2.16 bits per heavy atom. The van der Waals surface area contributed by atoms with Gasteiger partial charge in [-0.05, 0) is 28.1 Å². The van der Waals surface area contributed by atoms with Crippen molar-refractivity contribution < 1.29 is 19.0 Å². The minimum absolute atomic E-state index is 0.0434. The summed E-state index contributed by atoms with van der Waals surface area (Å²) in [5, 5.41) is 12.8. The number of rotatable bonds is 3. The highest BCUT2D eigenvalue weighted by molar-refractivity contribution is 9.10. The Morgan fingerprint density at radius 1 is 1.47 bits per heavy atom. The van der Waals surface area contributed by atoms with Crippen LogP contribution in [-0.2, 0) is 4.74 Å². The van der Waals surface area contributed by atoms with Crippen molar-refractivity contribution in [1.29, 1.82) is 0 Å². The van der Waals surface area contributed by atoms with Crippen LogP contribution in [0.1, 0.15) is 23.2 Å². The van der Waals surface area contributed by atoms with Gasteiger partial charge in [-0.1, -0.05) is 6.07 Å². The number of nitrogens with one attached hydrogen (secondary N) is 1. The monoisotopic (exact) mass is 331 g/mol. The van der Waals surface area contributed by atoms with Crippen molar-refractivity contribution in [2.75, 3.05) is 19.8 Å². The van der Waals surface area contributed by atoms with E-state index in [1.807, 2.05) is 0 Å². The van der Waals surface area contributed by atoms with E-state index in [2.05, 4.69) is 21.2 Å². The van der Waals surface area contributed by atoms with Gasteiger partial charge in [-0.25, -0.2) is 4.39 Å². The highest BCUT2D eigenvalue weighted by Gasteiger charge is 2.30. The van der Waals surface area contributed by atoms with Crippen LogP contribution in [0.4, 0.5) is 4.39 Å². The van der Waals surface area contributed by atoms with E-state index in [1.54, 1.807) is 6.07 Å². The molecule has 4 nitrogen and oxygen atoms in total. The summed E-state index contributed by atoms with van der Waals surface area (Å²) in [5.74, 6) is -1.13. The van der Waals surface area contributed by atoms with Crippen LogP contribution in [0.25, 0.3) is 0 Å². The summed E-state index contributed by atoms with van der Waals surface area (Å²) in [6.45, 7) is 1.03. The zero-order valence-corrected chi connectivity index (χ0v) is 11.9. The fourth-order valence-electron chi connectivity index (χ4n) is 1.98. The first-order valence-corrected chi connectivity index (χ1v) is 6.83. The van der Waals surface area contributed by atoms with Crippen LogP contribution >= 0.6 is 15.9 Å². The van der Waals surface area contributed by atoms with Gasteiger partial charge in [0.2, 0.25) is 0 Å². The Labute approximate surface area is 119 Å². The van der Waals surface area contributed by atoms with Gasteiger partial charge in [0, 0.05) is 37.1 Å². The molecule has 1 heterocycles. The summed E-state index contributed by atoms with van der Waals surface area (Å²) in [4.78, 5) is 11.9. The number of hydrogen-bond donors (Lipinski definition) is 2. The van der Waals surface area contributed by atoms with Crippen molar-refractivity contribution in [2.24, 2.45) is 0 Å². The molecule has 1 aliphatic heterocycles. The fraction of sp³-hybridized carbons (Fsp3) is 0.462. The molecule has 1 amide bonds. The van der Waals surface area contributed by atoms with Crippen molar-refractivity contribution in [1.82, 2.24) is 5.32 Å². The van der Waals surface area contributed by atoms with Crippen molar-refractivity contribution in [3.63, 3.8) is 0 Å². The second-order valence-electron chi connectivity index (χ2n) is 4.62. The normalized spacial score (nSPS) is 18.1. The summed E-state index contributed by atoms with van der Waals surface area (Å²) in [6, 6.07) is 4.34. The molecule has 6 heteroatoms. The Bertz CT molecular complexity index is 455. The summed E-state index contributed by atoms with van der Waals surface area (Å²) in [6.07, 6.45) is 0.928. The van der Waals surface area contributed by atoms with Gasteiger partial charge in [0.05, 0.1) is 11.2 Å². The van der Waals surface area contributed by atoms with Crippen LogP contribution in [0.15, 0.2) is 22.7 Å². The topological polar surface area (TPSA) is 58.6 Å². The molecule has 2 rings (SSSR count). The third-order valence-electron chi connectivity index (χ3n) is 3.19. The SMILES string of the molecule is O=C(NCC1(O)CCOCC1)c1c(F)cccc1Br. The quantitative estimate of drug-likeness (QED) is 0.888. The number of carbonyl (C=O) groups excluding carboxylic acids is 1. The van der Waals surface area contributed by atoms with Gasteiger partial charge in [-0.15, -0.1) is 0 Å². The van der Waals surface area contributed by atoms with E-state index < -0.39 is 17.3 Å². The van der Waals surface area contributed by atoms with E-state index >= 15 is 0 Å². The van der Waals surface area contributed by atoms with Gasteiger partial charge in [0.1, 0.15) is 5.82 Å². The number of benzene rings is 1. The van der Waals surface area contributed by atoms with Gasteiger partial charge in [-0.3, -0.25) is 4.79 Å². The average Bonchev–Trinajstić information content (AvgIpc) is 2.37. The van der Waals surface area contributed by atoms with E-state index in [0.717, 1.165) is 0 Å². The molecule has 1 saturated heterocycles. The number of aliphatic hydroxyl groups is 1. The molecule has 1 aromatic carbocycles. The zero-order valence-electron chi connectivity index (χ0n) is 10.3. The lowest BCUT2D eigenvalue weighted by Crippen LogP contribution is -2.46. The molecule has 19 heavy (non-hydrogen) atoms. The molecule has 0 bridgehead atoms. The smallest absolute Gasteiger partial charge is 0.255 e. The van der Waals surface area contributed by atoms with Gasteiger partial charge >= 0.3 is 0 Å². The van der Waals surface area contributed by atoms with Crippen LogP contribution in [0.3, 0.4) is 0 Å². The Hall–Kier alpha value is -0.980. The Balaban J connectivity index is 2.01. The van der Waals surface area contributed by atoms with Gasteiger partial charge in [-0.2, -0.15) is 0 Å². The number of carbonyl (C=O) groups is 1. The third-order valence-corrected chi connectivity index (χ3v) is 3.85. The molecule has 0 unspecified atom stereocenters. The Morgan fingerprint density at radius 3 is 2.79 bits per heavy atom. The van der Waals surface area contributed by atoms with Crippen LogP contribution in [0, 0.1) is 5.82 Å². The standard InChI is InChI=1S/C13H15BrFNO3/c14-9-2-1-3-10(15)11(9)12(17)16-8-13(18)4-6-19-7-5-13/h1-3,18H,4-8H2,(H,16,17). The number of halogens is 2. The average molecular weight is 332 g/mol. The first kappa shape index (κ1) is 14.4. The number of amides is 1. The van der Waals surface area contributed by atoms with Gasteiger partial charge in [0.25, 0.3) is 5.91 Å². The lowest BCUT2D eigenvalue weighted by atomic mass is 9.94. The van der Waals surface area contributed by atoms with E-state index in [1.165, 1.54) is 12.1 Å². The van der Waals surface area contributed by atoms with Crippen LogP contribution in [-0.4, -0.2) is 36.4 Å². The molecule has 0 atom stereocenters. The lowest BCUT2D eigenvalue weighted by Gasteiger charge is -2.32. The fourth-order valence-corrected chi connectivity index (χ4v) is 2.50. The highest BCUT2D eigenvalue weighted by atomic mass is 79.9. The molecule has 1 fully saturated rings. The second-order valence-corrected chi connectivity index (χ2v) is 5.47. The molecule has 1 aromatic rings. The molecule has 0 saturated carbocycles. The zero-order chi connectivity index (χ0) is 13.9. The van der Waals surface area contributed by atoms with E-state index in [-0.39, 0.29) is 12.1 Å². The van der Waals surface area contributed by atoms with E-state index in [4.69, 9.17) is 4.74 Å². The molecule has 0 aromatic heterocycles. The predicted octanol–water partition coefficient (Wildman–Crippen LogP) is 1.86. The summed E-state index contributed by atoms with van der Waals surface area (Å²) in [7, 11) is 0. The molecule has 2 N–H and O–H groups in total. The van der Waals surface area contributed by atoms with E-state index in [0.29, 0.717) is 30.5 Å². The first-order valence-electron chi connectivity index (χ1n) is 6.04. The van der Waals surface area contributed by atoms with Crippen molar-refractivity contribution in [3.05, 3.63) is 34.1 Å². The molecule has 1 aliphatic rings. The number of ether oxygens (including phenoxy) is 1. The van der Waals surface area contributed by atoms with E-state index in [9.17, 15) is 14.3 Å². The Kier molecular flexibility index (Phi) is 4.54. The molecular formula is C13H15BrFNO3. The largest absolute Gasteiger partial charge is 0.388 e. The van der Waals surface area contributed by atoms with Gasteiger partial charge < -0.3 is 15.2 Å². The molecule has 0 spiro atoms. The van der Waals surface area contributed by atoms with Crippen molar-refractivity contribution in [2.45, 2.75) is 18.4 Å². The van der Waals surface area contributed by atoms with Crippen LogP contribution in [0.2, 0.25) is 0 Å². The second kappa shape index (κ2) is 5.98. The predicted molar refractivity (Wildman–Crippen MR) is 71.4 cm³/mol. The van der Waals surface area contributed by atoms with Crippen molar-refractivity contribution in [3.8, 4) is 0 Å². The maximum Gasteiger partial charge on any atom is 0.255 e. The summed E-state index contributed by atoms with van der Waals surface area (Å²) in [5.41, 5.74) is -1.01. The van der Waals surface area contributed by atoms with Crippen LogP contribution < -0.4 is 5.32 Å². The highest BCUT2D eigenvalue weighted by Crippen LogP contribution is 2.21. The molecule has 0 radical (unpaired) electrons. The summed E-state index contributed by atoms with van der Waals surface area (Å²) >= 11 is 3.14. The maximum atomic E-state index is 13.6. The van der Waals surface area contributed by atoms with Crippen LogP contribution in [0.5, 0.6) is 0 Å². The maximum absolute atomic E-state index is 13.6. The third kappa shape index (κ3) is 3.52. The number of hydrogen-bond acceptors (Lipinski definition) is 3. The van der Waals surface area contributed by atoms with Gasteiger partial charge in [0.15, 0.2) is 0 Å². The lowest BCUT2D eigenvalue weighted by molar-refractivity contribution is -0.0605. The minimum Gasteiger partial charge on any atom is -0.388 e. The minimum atomic E-state index is -0.967. The molecule has 0 aliphatic carbocycles. The van der Waals surface area contributed by atoms with Crippen molar-refractivity contribution >= 4 is 21.8 Å². The molecule has 104 valence electrons. The molecular weight excluding hydrogens is 317 g/mol. The first-order chi connectivity index (χ1) is 9.02. The summed E-state index contributed by atoms with van der Waals surface area (Å²) < 4.78 is 19.1.